The summed E-state index contributed by atoms with van der Waals surface area (Å²) in [6.45, 7) is 4.72. The highest BCUT2D eigenvalue weighted by Crippen LogP contribution is 2.11. The molecule has 0 aliphatic carbocycles. The van der Waals surface area contributed by atoms with Crippen LogP contribution in [-0.2, 0) is 25.9 Å². The van der Waals surface area contributed by atoms with Crippen molar-refractivity contribution in [1.29, 1.82) is 0 Å². The molecular weight excluding hydrogens is 352 g/mol. The third-order valence-corrected chi connectivity index (χ3v) is 5.06. The first-order chi connectivity index (χ1) is 13.6. The Morgan fingerprint density at radius 2 is 1.07 bits per heavy atom. The van der Waals surface area contributed by atoms with Crippen LogP contribution in [0.25, 0.3) is 21.8 Å². The minimum atomic E-state index is -0.0673. The maximum Gasteiger partial charge on any atom is 0.261 e. The average molecular weight is 374 g/mol. The first kappa shape index (κ1) is 18.1. The molecule has 4 aromatic rings. The van der Waals surface area contributed by atoms with E-state index >= 15 is 0 Å². The summed E-state index contributed by atoms with van der Waals surface area (Å²) in [5.41, 5.74) is 1.28. The normalized spacial score (nSPS) is 11.4. The minimum Gasteiger partial charge on any atom is -0.294 e. The van der Waals surface area contributed by atoms with E-state index in [2.05, 4.69) is 9.97 Å². The zero-order chi connectivity index (χ0) is 19.7. The number of benzene rings is 2. The van der Waals surface area contributed by atoms with Gasteiger partial charge in [0.05, 0.1) is 21.8 Å². The molecule has 0 atom stereocenters. The van der Waals surface area contributed by atoms with Crippen LogP contribution in [0.3, 0.4) is 0 Å². The molecule has 6 nitrogen and oxygen atoms in total. The first-order valence-electron chi connectivity index (χ1n) is 9.61. The first-order valence-corrected chi connectivity index (χ1v) is 9.61. The van der Waals surface area contributed by atoms with Gasteiger partial charge in [-0.2, -0.15) is 0 Å². The molecule has 2 heterocycles. The summed E-state index contributed by atoms with van der Waals surface area (Å²) in [5.74, 6) is 1.45. The quantitative estimate of drug-likeness (QED) is 0.539. The number of nitrogens with zero attached hydrogens (tertiary/aromatic N) is 4. The van der Waals surface area contributed by atoms with Gasteiger partial charge in [-0.1, -0.05) is 38.1 Å². The predicted molar refractivity (Wildman–Crippen MR) is 111 cm³/mol. The van der Waals surface area contributed by atoms with Crippen LogP contribution in [-0.4, -0.2) is 19.1 Å². The summed E-state index contributed by atoms with van der Waals surface area (Å²) < 4.78 is 3.37. The highest BCUT2D eigenvalue weighted by atomic mass is 16.1. The fourth-order valence-corrected chi connectivity index (χ4v) is 3.63. The Kier molecular flexibility index (Phi) is 4.77. The third-order valence-electron chi connectivity index (χ3n) is 5.06. The Balaban J connectivity index is 1.80. The molecule has 0 amide bonds. The van der Waals surface area contributed by atoms with Gasteiger partial charge in [0.1, 0.15) is 11.6 Å². The van der Waals surface area contributed by atoms with Crippen LogP contribution < -0.4 is 11.1 Å². The number of hydrogen-bond donors (Lipinski definition) is 0. The van der Waals surface area contributed by atoms with Crippen molar-refractivity contribution < 1.29 is 0 Å². The lowest BCUT2D eigenvalue weighted by Crippen LogP contribution is -2.31. The van der Waals surface area contributed by atoms with Crippen LogP contribution >= 0.6 is 0 Å². The van der Waals surface area contributed by atoms with Gasteiger partial charge in [0.25, 0.3) is 11.1 Å². The Morgan fingerprint density at radius 3 is 1.46 bits per heavy atom. The number of rotatable bonds is 5. The van der Waals surface area contributed by atoms with E-state index in [4.69, 9.17) is 0 Å². The van der Waals surface area contributed by atoms with Crippen molar-refractivity contribution in [2.24, 2.45) is 0 Å². The molecule has 0 bridgehead atoms. The van der Waals surface area contributed by atoms with Crippen molar-refractivity contribution in [2.75, 3.05) is 0 Å². The molecule has 0 fully saturated rings. The van der Waals surface area contributed by atoms with Crippen molar-refractivity contribution in [3.63, 3.8) is 0 Å². The van der Waals surface area contributed by atoms with Crippen LogP contribution in [0, 0.1) is 0 Å². The molecule has 0 aliphatic rings. The van der Waals surface area contributed by atoms with Gasteiger partial charge >= 0.3 is 0 Å². The molecule has 2 aromatic carbocycles. The second kappa shape index (κ2) is 7.38. The topological polar surface area (TPSA) is 69.8 Å². The van der Waals surface area contributed by atoms with Crippen molar-refractivity contribution in [1.82, 2.24) is 19.1 Å². The lowest BCUT2D eigenvalue weighted by atomic mass is 10.2. The van der Waals surface area contributed by atoms with Gasteiger partial charge in [0.2, 0.25) is 0 Å². The monoisotopic (exact) mass is 374 g/mol. The molecule has 0 saturated heterocycles. The van der Waals surface area contributed by atoms with E-state index in [1.807, 2.05) is 50.2 Å². The average Bonchev–Trinajstić information content (AvgIpc) is 2.74. The molecule has 28 heavy (non-hydrogen) atoms. The summed E-state index contributed by atoms with van der Waals surface area (Å²) in [4.78, 5) is 35.3. The van der Waals surface area contributed by atoms with E-state index in [-0.39, 0.29) is 11.1 Å². The second-order valence-corrected chi connectivity index (χ2v) is 6.71. The van der Waals surface area contributed by atoms with Gasteiger partial charge in [-0.3, -0.25) is 18.7 Å². The predicted octanol–water partition coefficient (Wildman–Crippen LogP) is 2.93. The van der Waals surface area contributed by atoms with Crippen LogP contribution in [0.4, 0.5) is 0 Å². The number of fused-ring (bicyclic) bond motifs is 2. The molecule has 0 unspecified atom stereocenters. The molecule has 0 radical (unpaired) electrons. The molecule has 142 valence electrons. The maximum absolute atomic E-state index is 13.0. The summed E-state index contributed by atoms with van der Waals surface area (Å²) in [5, 5.41) is 1.19. The van der Waals surface area contributed by atoms with Crippen molar-refractivity contribution in [3.8, 4) is 0 Å². The molecular formula is C22H22N4O2. The highest BCUT2D eigenvalue weighted by Gasteiger charge is 2.13. The molecule has 2 aromatic heterocycles. The van der Waals surface area contributed by atoms with Crippen LogP contribution in [0.2, 0.25) is 0 Å². The van der Waals surface area contributed by atoms with E-state index in [0.29, 0.717) is 47.7 Å². The van der Waals surface area contributed by atoms with Crippen molar-refractivity contribution in [3.05, 3.63) is 80.9 Å². The van der Waals surface area contributed by atoms with Crippen LogP contribution in [0.1, 0.15) is 25.5 Å². The van der Waals surface area contributed by atoms with E-state index in [1.165, 1.54) is 0 Å². The summed E-state index contributed by atoms with van der Waals surface area (Å²) in [7, 11) is 0. The zero-order valence-electron chi connectivity index (χ0n) is 16.1. The van der Waals surface area contributed by atoms with Gasteiger partial charge in [0.15, 0.2) is 0 Å². The van der Waals surface area contributed by atoms with Gasteiger partial charge in [-0.05, 0) is 24.3 Å². The van der Waals surface area contributed by atoms with E-state index in [0.717, 1.165) is 11.6 Å². The van der Waals surface area contributed by atoms with Crippen molar-refractivity contribution >= 4 is 21.8 Å². The number of hydrogen-bond acceptors (Lipinski definition) is 4. The fourth-order valence-electron chi connectivity index (χ4n) is 3.63. The standard InChI is InChI=1S/C22H22N4O2/c1-3-19-23-17-11-7-5-9-15(17)21(27)25(19)13-14-26-20(4-2)24-18-12-8-6-10-16(18)22(26)28/h5-12H,3-4,13-14H2,1-2H3. The summed E-state index contributed by atoms with van der Waals surface area (Å²) in [6.07, 6.45) is 1.29. The molecule has 6 heteroatoms. The maximum atomic E-state index is 13.0. The van der Waals surface area contributed by atoms with Gasteiger partial charge < -0.3 is 0 Å². The fraction of sp³-hybridized carbons (Fsp3) is 0.273. The Hall–Kier alpha value is -3.28. The number of para-hydroxylation sites is 2. The smallest absolute Gasteiger partial charge is 0.261 e. The van der Waals surface area contributed by atoms with Gasteiger partial charge in [-0.25, -0.2) is 9.97 Å². The van der Waals surface area contributed by atoms with Crippen LogP contribution in [0.15, 0.2) is 58.1 Å². The lowest BCUT2D eigenvalue weighted by molar-refractivity contribution is 0.514. The number of aromatic nitrogens is 4. The van der Waals surface area contributed by atoms with Crippen molar-refractivity contribution in [2.45, 2.75) is 39.8 Å². The Bertz CT molecular complexity index is 1190. The van der Waals surface area contributed by atoms with Gasteiger partial charge in [0, 0.05) is 25.9 Å². The van der Waals surface area contributed by atoms with E-state index in [1.54, 1.807) is 21.3 Å². The Morgan fingerprint density at radius 1 is 0.679 bits per heavy atom. The lowest BCUT2D eigenvalue weighted by Gasteiger charge is -2.16. The second-order valence-electron chi connectivity index (χ2n) is 6.71. The summed E-state index contributed by atoms with van der Waals surface area (Å²) >= 11 is 0. The largest absolute Gasteiger partial charge is 0.294 e. The minimum absolute atomic E-state index is 0.0673. The van der Waals surface area contributed by atoms with E-state index in [9.17, 15) is 9.59 Å². The molecule has 4 rings (SSSR count). The molecule has 0 saturated carbocycles. The molecule has 0 spiro atoms. The highest BCUT2D eigenvalue weighted by molar-refractivity contribution is 5.78. The number of aryl methyl sites for hydroxylation is 2. The van der Waals surface area contributed by atoms with Gasteiger partial charge in [-0.15, -0.1) is 0 Å². The summed E-state index contributed by atoms with van der Waals surface area (Å²) in [6, 6.07) is 14.7. The molecule has 0 aliphatic heterocycles. The Labute approximate surface area is 162 Å². The van der Waals surface area contributed by atoms with Crippen LogP contribution in [0.5, 0.6) is 0 Å². The SMILES string of the molecule is CCc1nc2ccccc2c(=O)n1CCn1c(CC)nc2ccccc2c1=O. The zero-order valence-corrected chi connectivity index (χ0v) is 16.1. The molecule has 0 N–H and O–H groups in total. The third kappa shape index (κ3) is 3.01. The van der Waals surface area contributed by atoms with E-state index < -0.39 is 0 Å².